The summed E-state index contributed by atoms with van der Waals surface area (Å²) in [7, 11) is 2.30. The van der Waals surface area contributed by atoms with Crippen LogP contribution in [0, 0.1) is 5.92 Å². The number of nitrogens with zero attached hydrogens (tertiary/aromatic N) is 2. The minimum absolute atomic E-state index is 0.782. The highest BCUT2D eigenvalue weighted by Gasteiger charge is 2.37. The molecule has 0 aromatic heterocycles. The topological polar surface area (TPSA) is 6.48 Å². The molecule has 1 unspecified atom stereocenters. The highest BCUT2D eigenvalue weighted by atomic mass is 15.3. The summed E-state index contributed by atoms with van der Waals surface area (Å²) in [5, 5.41) is 0. The first-order valence-corrected chi connectivity index (χ1v) is 6.16. The molecule has 0 radical (unpaired) electrons. The second-order valence-electron chi connectivity index (χ2n) is 5.14. The van der Waals surface area contributed by atoms with Crippen LogP contribution in [-0.2, 0) is 0 Å². The molecule has 2 fully saturated rings. The fourth-order valence-corrected chi connectivity index (χ4v) is 2.57. The van der Waals surface area contributed by atoms with Crippen molar-refractivity contribution in [3.05, 3.63) is 0 Å². The molecule has 0 bridgehead atoms. The predicted molar refractivity (Wildman–Crippen MR) is 60.5 cm³/mol. The molecule has 2 aliphatic rings. The van der Waals surface area contributed by atoms with E-state index in [1.807, 2.05) is 0 Å². The van der Waals surface area contributed by atoms with Gasteiger partial charge in [-0.05, 0) is 39.2 Å². The van der Waals surface area contributed by atoms with Crippen molar-refractivity contribution in [2.75, 3.05) is 26.7 Å². The van der Waals surface area contributed by atoms with Crippen molar-refractivity contribution in [3.63, 3.8) is 0 Å². The van der Waals surface area contributed by atoms with Gasteiger partial charge in [0.1, 0.15) is 0 Å². The number of hydrogen-bond acceptors (Lipinski definition) is 2. The number of hydrogen-bond donors (Lipinski definition) is 0. The van der Waals surface area contributed by atoms with Gasteiger partial charge in [0.2, 0.25) is 0 Å². The van der Waals surface area contributed by atoms with Crippen molar-refractivity contribution in [1.82, 2.24) is 9.80 Å². The Labute approximate surface area is 88.3 Å². The Kier molecular flexibility index (Phi) is 3.13. The maximum atomic E-state index is 2.68. The third-order valence-corrected chi connectivity index (χ3v) is 4.11. The van der Waals surface area contributed by atoms with Crippen LogP contribution >= 0.6 is 0 Å². The van der Waals surface area contributed by atoms with Crippen LogP contribution in [-0.4, -0.2) is 48.6 Å². The van der Waals surface area contributed by atoms with Crippen LogP contribution in [0.5, 0.6) is 0 Å². The van der Waals surface area contributed by atoms with E-state index in [-0.39, 0.29) is 0 Å². The molecule has 0 spiro atoms. The summed E-state index contributed by atoms with van der Waals surface area (Å²) >= 11 is 0. The first-order chi connectivity index (χ1) is 6.72. The van der Waals surface area contributed by atoms with Gasteiger partial charge < -0.3 is 4.90 Å². The summed E-state index contributed by atoms with van der Waals surface area (Å²) in [5.41, 5.74) is 0. The molecule has 0 aromatic carbocycles. The van der Waals surface area contributed by atoms with Crippen LogP contribution in [0.1, 0.15) is 33.1 Å². The first-order valence-electron chi connectivity index (χ1n) is 6.16. The van der Waals surface area contributed by atoms with Crippen LogP contribution < -0.4 is 0 Å². The van der Waals surface area contributed by atoms with Crippen molar-refractivity contribution < 1.29 is 0 Å². The molecule has 2 rings (SSSR count). The van der Waals surface area contributed by atoms with Gasteiger partial charge in [-0.15, -0.1) is 0 Å². The molecule has 0 aromatic rings. The lowest BCUT2D eigenvalue weighted by Crippen LogP contribution is -2.54. The summed E-state index contributed by atoms with van der Waals surface area (Å²) in [6.07, 6.45) is 4.24. The maximum absolute atomic E-state index is 2.68. The fourth-order valence-electron chi connectivity index (χ4n) is 2.57. The molecule has 1 aliphatic heterocycles. The van der Waals surface area contributed by atoms with Crippen LogP contribution in [0.3, 0.4) is 0 Å². The third kappa shape index (κ3) is 2.12. The molecule has 1 saturated heterocycles. The van der Waals surface area contributed by atoms with Crippen LogP contribution in [0.4, 0.5) is 0 Å². The van der Waals surface area contributed by atoms with E-state index in [1.54, 1.807) is 0 Å². The second-order valence-corrected chi connectivity index (χ2v) is 5.14. The zero-order chi connectivity index (χ0) is 10.1. The summed E-state index contributed by atoms with van der Waals surface area (Å²) in [6, 6.07) is 1.64. The number of likely N-dealkylation sites (N-methyl/N-ethyl adjacent to an activating group) is 1. The molecular formula is C12H24N2. The van der Waals surface area contributed by atoms with Crippen LogP contribution in [0.2, 0.25) is 0 Å². The van der Waals surface area contributed by atoms with Gasteiger partial charge in [0, 0.05) is 31.7 Å². The Bertz CT molecular complexity index is 189. The van der Waals surface area contributed by atoms with E-state index < -0.39 is 0 Å². The zero-order valence-electron chi connectivity index (χ0n) is 9.87. The summed E-state index contributed by atoms with van der Waals surface area (Å²) in [6.45, 7) is 8.53. The van der Waals surface area contributed by atoms with Gasteiger partial charge >= 0.3 is 0 Å². The lowest BCUT2D eigenvalue weighted by atomic mass is 10.1. The SMILES string of the molecule is CCC(C)N1CCN(C)[C@@H](C2CC2)C1. The standard InChI is InChI=1S/C12H24N2/c1-4-10(2)14-8-7-13(3)12(9-14)11-5-6-11/h10-12H,4-9H2,1-3H3/t10?,12-/m1/s1. The minimum atomic E-state index is 0.782. The number of piperazine rings is 1. The van der Waals surface area contributed by atoms with Crippen molar-refractivity contribution in [2.45, 2.75) is 45.2 Å². The lowest BCUT2D eigenvalue weighted by Gasteiger charge is -2.42. The smallest absolute Gasteiger partial charge is 0.0249 e. The van der Waals surface area contributed by atoms with Crippen LogP contribution in [0.25, 0.3) is 0 Å². The highest BCUT2D eigenvalue weighted by molar-refractivity contribution is 4.92. The maximum Gasteiger partial charge on any atom is 0.0249 e. The Morgan fingerprint density at radius 2 is 2.00 bits per heavy atom. The molecule has 14 heavy (non-hydrogen) atoms. The molecular weight excluding hydrogens is 172 g/mol. The molecule has 1 saturated carbocycles. The molecule has 0 amide bonds. The summed E-state index contributed by atoms with van der Waals surface area (Å²) < 4.78 is 0. The van der Waals surface area contributed by atoms with E-state index in [2.05, 4.69) is 30.7 Å². The van der Waals surface area contributed by atoms with E-state index in [4.69, 9.17) is 0 Å². The minimum Gasteiger partial charge on any atom is -0.301 e. The van der Waals surface area contributed by atoms with Crippen molar-refractivity contribution >= 4 is 0 Å². The van der Waals surface area contributed by atoms with Gasteiger partial charge in [-0.2, -0.15) is 0 Å². The third-order valence-electron chi connectivity index (χ3n) is 4.11. The highest BCUT2D eigenvalue weighted by Crippen LogP contribution is 2.36. The second kappa shape index (κ2) is 4.19. The van der Waals surface area contributed by atoms with Gasteiger partial charge in [0.05, 0.1) is 0 Å². The lowest BCUT2D eigenvalue weighted by molar-refractivity contribution is 0.0582. The fraction of sp³-hybridized carbons (Fsp3) is 1.00. The van der Waals surface area contributed by atoms with E-state index in [0.29, 0.717) is 0 Å². The van der Waals surface area contributed by atoms with Gasteiger partial charge in [0.15, 0.2) is 0 Å². The predicted octanol–water partition coefficient (Wildman–Crippen LogP) is 1.81. The molecule has 1 heterocycles. The molecule has 1 aliphatic carbocycles. The van der Waals surface area contributed by atoms with Crippen molar-refractivity contribution in [2.24, 2.45) is 5.92 Å². The van der Waals surface area contributed by atoms with E-state index >= 15 is 0 Å². The Hall–Kier alpha value is -0.0800. The summed E-state index contributed by atoms with van der Waals surface area (Å²) in [4.78, 5) is 5.26. The van der Waals surface area contributed by atoms with Gasteiger partial charge in [-0.25, -0.2) is 0 Å². The largest absolute Gasteiger partial charge is 0.301 e. The van der Waals surface area contributed by atoms with Crippen molar-refractivity contribution in [1.29, 1.82) is 0 Å². The summed E-state index contributed by atoms with van der Waals surface area (Å²) in [5.74, 6) is 1.02. The van der Waals surface area contributed by atoms with Gasteiger partial charge in [-0.3, -0.25) is 4.90 Å². The molecule has 0 N–H and O–H groups in total. The quantitative estimate of drug-likeness (QED) is 0.679. The Balaban J connectivity index is 1.90. The molecule has 2 heteroatoms. The van der Waals surface area contributed by atoms with E-state index in [0.717, 1.165) is 18.0 Å². The average Bonchev–Trinajstić information content (AvgIpc) is 3.01. The van der Waals surface area contributed by atoms with E-state index in [1.165, 1.54) is 38.9 Å². The van der Waals surface area contributed by atoms with Crippen LogP contribution in [0.15, 0.2) is 0 Å². The van der Waals surface area contributed by atoms with Gasteiger partial charge in [-0.1, -0.05) is 6.92 Å². The normalized spacial score (nSPS) is 33.2. The average molecular weight is 196 g/mol. The van der Waals surface area contributed by atoms with Gasteiger partial charge in [0.25, 0.3) is 0 Å². The number of rotatable bonds is 3. The van der Waals surface area contributed by atoms with Crippen molar-refractivity contribution in [3.8, 4) is 0 Å². The first kappa shape index (κ1) is 10.4. The Morgan fingerprint density at radius 3 is 2.57 bits per heavy atom. The monoisotopic (exact) mass is 196 g/mol. The zero-order valence-corrected chi connectivity index (χ0v) is 9.87. The van der Waals surface area contributed by atoms with E-state index in [9.17, 15) is 0 Å². The molecule has 82 valence electrons. The molecule has 2 atom stereocenters. The molecule has 2 nitrogen and oxygen atoms in total. The Morgan fingerprint density at radius 1 is 1.29 bits per heavy atom.